The third-order valence-corrected chi connectivity index (χ3v) is 2.14. The van der Waals surface area contributed by atoms with Gasteiger partial charge in [-0.05, 0) is 25.0 Å². The van der Waals surface area contributed by atoms with Crippen LogP contribution >= 0.6 is 0 Å². The predicted molar refractivity (Wildman–Crippen MR) is 55.2 cm³/mol. The van der Waals surface area contributed by atoms with Crippen LogP contribution in [0.15, 0.2) is 17.5 Å². The Kier molecular flexibility index (Phi) is 3.76. The number of nitrogens with zero attached hydrogens (tertiary/aromatic N) is 2. The molecule has 86 valence electrons. The van der Waals surface area contributed by atoms with Crippen molar-refractivity contribution in [2.75, 3.05) is 5.73 Å². The van der Waals surface area contributed by atoms with E-state index in [0.29, 0.717) is 17.4 Å². The number of carboxylic acids is 1. The lowest BCUT2D eigenvalue weighted by Crippen LogP contribution is -2.05. The molecular formula is C9H11N3O4. The number of anilines is 1. The molecule has 16 heavy (non-hydrogen) atoms. The predicted octanol–water partition coefficient (Wildman–Crippen LogP) is 1.38. The van der Waals surface area contributed by atoms with Gasteiger partial charge < -0.3 is 16.0 Å². The Morgan fingerprint density at radius 1 is 1.50 bits per heavy atom. The Balaban J connectivity index is 0.000000386. The Hall–Kier alpha value is -2.18. The molecule has 0 radical (unpaired) electrons. The lowest BCUT2D eigenvalue weighted by atomic mass is 10.1. The summed E-state index contributed by atoms with van der Waals surface area (Å²) in [5.41, 5.74) is 6.42. The molecule has 0 aromatic carbocycles. The van der Waals surface area contributed by atoms with Crippen molar-refractivity contribution in [3.63, 3.8) is 0 Å². The Morgan fingerprint density at radius 2 is 2.06 bits per heavy atom. The van der Waals surface area contributed by atoms with E-state index in [9.17, 15) is 4.79 Å². The highest BCUT2D eigenvalue weighted by Crippen LogP contribution is 2.40. The van der Waals surface area contributed by atoms with Gasteiger partial charge in [-0.15, -0.1) is 4.91 Å². The number of carbonyl (C=O) groups is 1. The maximum absolute atomic E-state index is 10.8. The van der Waals surface area contributed by atoms with Crippen LogP contribution in [0, 0.1) is 4.91 Å². The summed E-state index contributed by atoms with van der Waals surface area (Å²) in [4.78, 5) is 22.9. The fourth-order valence-electron chi connectivity index (χ4n) is 1.34. The number of hydrogen-bond donors (Lipinski definition) is 3. The van der Waals surface area contributed by atoms with Crippen LogP contribution in [-0.2, 0) is 0 Å². The number of pyridine rings is 1. The molecule has 1 aromatic rings. The van der Waals surface area contributed by atoms with E-state index in [1.54, 1.807) is 0 Å². The van der Waals surface area contributed by atoms with Crippen LogP contribution in [0.4, 0.5) is 5.82 Å². The molecule has 0 bridgehead atoms. The number of rotatable bonds is 2. The average molecular weight is 225 g/mol. The SMILES string of the molecule is Nc1ccc(C(=O)O)c(C2CC2)n1.O=NO. The number of aromatic carboxylic acids is 1. The quantitative estimate of drug-likeness (QED) is 0.515. The molecule has 4 N–H and O–H groups in total. The summed E-state index contributed by atoms with van der Waals surface area (Å²) in [6, 6.07) is 3.05. The van der Waals surface area contributed by atoms with Gasteiger partial charge in [0.1, 0.15) is 5.82 Å². The van der Waals surface area contributed by atoms with Gasteiger partial charge in [-0.2, -0.15) is 0 Å². The summed E-state index contributed by atoms with van der Waals surface area (Å²) in [6.07, 6.45) is 2.05. The van der Waals surface area contributed by atoms with Crippen LogP contribution in [0.2, 0.25) is 0 Å². The van der Waals surface area contributed by atoms with Crippen LogP contribution in [-0.4, -0.2) is 21.3 Å². The molecule has 0 aliphatic heterocycles. The lowest BCUT2D eigenvalue weighted by molar-refractivity contribution is 0.0695. The third-order valence-electron chi connectivity index (χ3n) is 2.14. The first-order valence-corrected chi connectivity index (χ1v) is 4.56. The second-order valence-corrected chi connectivity index (χ2v) is 3.33. The number of aromatic nitrogens is 1. The number of nitrogen functional groups attached to an aromatic ring is 1. The lowest BCUT2D eigenvalue weighted by Gasteiger charge is -2.03. The molecule has 7 nitrogen and oxygen atoms in total. The monoisotopic (exact) mass is 225 g/mol. The zero-order chi connectivity index (χ0) is 12.1. The number of carboxylic acid groups (broad SMARTS) is 1. The summed E-state index contributed by atoms with van der Waals surface area (Å²) in [5, 5.41) is 16.7. The van der Waals surface area contributed by atoms with E-state index in [0.717, 1.165) is 12.8 Å². The average Bonchev–Trinajstić information content (AvgIpc) is 3.01. The summed E-state index contributed by atoms with van der Waals surface area (Å²) < 4.78 is 0. The highest BCUT2D eigenvalue weighted by atomic mass is 16.6. The molecule has 1 aromatic heterocycles. The van der Waals surface area contributed by atoms with Crippen molar-refractivity contribution in [3.8, 4) is 0 Å². The summed E-state index contributed by atoms with van der Waals surface area (Å²) in [5.74, 6) is -0.212. The molecular weight excluding hydrogens is 214 g/mol. The van der Waals surface area contributed by atoms with Crippen molar-refractivity contribution in [1.82, 2.24) is 4.98 Å². The normalized spacial score (nSPS) is 13.5. The maximum atomic E-state index is 10.8. The van der Waals surface area contributed by atoms with Crippen molar-refractivity contribution in [3.05, 3.63) is 28.3 Å². The van der Waals surface area contributed by atoms with Gasteiger partial charge in [0.2, 0.25) is 0 Å². The minimum atomic E-state index is -0.922. The molecule has 1 aliphatic carbocycles. The first-order valence-electron chi connectivity index (χ1n) is 4.56. The van der Waals surface area contributed by atoms with Gasteiger partial charge >= 0.3 is 5.97 Å². The van der Waals surface area contributed by atoms with Gasteiger partial charge in [0.05, 0.1) is 11.3 Å². The number of hydrogen-bond acceptors (Lipinski definition) is 5. The Morgan fingerprint density at radius 3 is 2.50 bits per heavy atom. The molecule has 1 aliphatic rings. The minimum Gasteiger partial charge on any atom is -0.478 e. The fraction of sp³-hybridized carbons (Fsp3) is 0.333. The van der Waals surface area contributed by atoms with E-state index >= 15 is 0 Å². The zero-order valence-corrected chi connectivity index (χ0v) is 8.33. The Bertz CT molecular complexity index is 404. The van der Waals surface area contributed by atoms with Gasteiger partial charge in [-0.25, -0.2) is 9.78 Å². The number of nitrogens with two attached hydrogens (primary N) is 1. The van der Waals surface area contributed by atoms with Crippen molar-refractivity contribution in [2.24, 2.45) is 5.34 Å². The van der Waals surface area contributed by atoms with Gasteiger partial charge in [0, 0.05) is 5.92 Å². The summed E-state index contributed by atoms with van der Waals surface area (Å²) >= 11 is 0. The fourth-order valence-corrected chi connectivity index (χ4v) is 1.34. The van der Waals surface area contributed by atoms with E-state index in [2.05, 4.69) is 4.98 Å². The van der Waals surface area contributed by atoms with E-state index in [-0.39, 0.29) is 5.56 Å². The van der Waals surface area contributed by atoms with E-state index < -0.39 is 5.97 Å². The van der Waals surface area contributed by atoms with Crippen LogP contribution < -0.4 is 5.73 Å². The maximum Gasteiger partial charge on any atom is 0.337 e. The molecule has 2 rings (SSSR count). The molecule has 0 saturated heterocycles. The van der Waals surface area contributed by atoms with E-state index in [1.165, 1.54) is 17.5 Å². The molecule has 0 amide bonds. The summed E-state index contributed by atoms with van der Waals surface area (Å²) in [7, 11) is 0. The highest BCUT2D eigenvalue weighted by molar-refractivity contribution is 5.89. The first kappa shape index (κ1) is 11.9. The molecule has 1 heterocycles. The standard InChI is InChI=1S/C9H10N2O2.HNO2/c10-7-4-3-6(9(12)13)8(11-7)5-1-2-5;2-1-3/h3-5H,1-2H2,(H2,10,11)(H,12,13);(H,2,3). The molecule has 0 spiro atoms. The van der Waals surface area contributed by atoms with Gasteiger partial charge in [0.25, 0.3) is 0 Å². The van der Waals surface area contributed by atoms with Gasteiger partial charge in [-0.3, -0.25) is 0 Å². The molecule has 1 fully saturated rings. The molecule has 0 unspecified atom stereocenters. The minimum absolute atomic E-state index is 0.289. The highest BCUT2D eigenvalue weighted by Gasteiger charge is 2.29. The van der Waals surface area contributed by atoms with E-state index in [1.807, 2.05) is 0 Å². The molecule has 1 saturated carbocycles. The van der Waals surface area contributed by atoms with E-state index in [4.69, 9.17) is 21.0 Å². The van der Waals surface area contributed by atoms with Crippen molar-refractivity contribution in [1.29, 1.82) is 0 Å². The second-order valence-electron chi connectivity index (χ2n) is 3.33. The second kappa shape index (κ2) is 5.06. The van der Waals surface area contributed by atoms with Crippen LogP contribution in [0.5, 0.6) is 0 Å². The molecule has 0 atom stereocenters. The first-order chi connectivity index (χ1) is 7.60. The van der Waals surface area contributed by atoms with Gasteiger partial charge in [0.15, 0.2) is 5.34 Å². The van der Waals surface area contributed by atoms with Crippen molar-refractivity contribution >= 4 is 11.8 Å². The smallest absolute Gasteiger partial charge is 0.337 e. The van der Waals surface area contributed by atoms with Crippen LogP contribution in [0.1, 0.15) is 34.8 Å². The topological polar surface area (TPSA) is 126 Å². The van der Waals surface area contributed by atoms with Gasteiger partial charge in [-0.1, -0.05) is 0 Å². The summed E-state index contributed by atoms with van der Waals surface area (Å²) in [6.45, 7) is 0. The zero-order valence-electron chi connectivity index (χ0n) is 8.33. The largest absolute Gasteiger partial charge is 0.478 e. The molecule has 7 heteroatoms. The van der Waals surface area contributed by atoms with Crippen LogP contribution in [0.25, 0.3) is 0 Å². The third kappa shape index (κ3) is 2.91. The Labute approximate surface area is 90.8 Å². The van der Waals surface area contributed by atoms with Crippen molar-refractivity contribution in [2.45, 2.75) is 18.8 Å². The van der Waals surface area contributed by atoms with Crippen molar-refractivity contribution < 1.29 is 15.1 Å². The van der Waals surface area contributed by atoms with Crippen LogP contribution in [0.3, 0.4) is 0 Å².